The van der Waals surface area contributed by atoms with Gasteiger partial charge in [-0.05, 0) is 36.6 Å². The van der Waals surface area contributed by atoms with E-state index in [4.69, 9.17) is 9.47 Å². The second kappa shape index (κ2) is 8.78. The van der Waals surface area contributed by atoms with E-state index in [9.17, 15) is 14.4 Å². The molecule has 0 saturated heterocycles. The molecule has 0 aliphatic rings. The van der Waals surface area contributed by atoms with Crippen LogP contribution in [0.25, 0.3) is 0 Å². The molecule has 2 aromatic rings. The molecule has 0 bridgehead atoms. The number of hydrogen-bond donors (Lipinski definition) is 0. The molecule has 0 aliphatic heterocycles. The Bertz CT molecular complexity index is 750. The number of benzene rings is 2. The quantitative estimate of drug-likeness (QED) is 0.589. The van der Waals surface area contributed by atoms with Crippen LogP contribution in [-0.2, 0) is 9.47 Å². The maximum Gasteiger partial charge on any atom is 0.346 e. The molecule has 0 N–H and O–H groups in total. The molecule has 2 rings (SSSR count). The number of esters is 3. The van der Waals surface area contributed by atoms with Crippen molar-refractivity contribution < 1.29 is 23.9 Å². The van der Waals surface area contributed by atoms with Gasteiger partial charge in [0.1, 0.15) is 0 Å². The first kappa shape index (κ1) is 18.4. The molecule has 0 aliphatic carbocycles. The molecule has 0 spiro atoms. The molecule has 5 nitrogen and oxygen atoms in total. The molecule has 0 radical (unpaired) electrons. The highest BCUT2D eigenvalue weighted by molar-refractivity contribution is 6.08. The van der Waals surface area contributed by atoms with Crippen LogP contribution in [0.3, 0.4) is 0 Å². The smallest absolute Gasteiger partial charge is 0.346 e. The Hall–Kier alpha value is -2.95. The largest absolute Gasteiger partial charge is 0.462 e. The van der Waals surface area contributed by atoms with Crippen molar-refractivity contribution in [1.82, 2.24) is 0 Å². The molecule has 0 heterocycles. The summed E-state index contributed by atoms with van der Waals surface area (Å²) in [5.41, 5.74) is 0.339. The number of carbonyl (C=O) groups excluding carboxylic acids is 3. The lowest BCUT2D eigenvalue weighted by molar-refractivity contribution is 0.0380. The van der Waals surface area contributed by atoms with Crippen molar-refractivity contribution in [3.05, 3.63) is 71.3 Å². The van der Waals surface area contributed by atoms with Crippen molar-refractivity contribution >= 4 is 17.9 Å². The van der Waals surface area contributed by atoms with Crippen LogP contribution in [0.1, 0.15) is 51.3 Å². The van der Waals surface area contributed by atoms with Crippen molar-refractivity contribution in [2.75, 3.05) is 6.61 Å². The standard InChI is InChI=1S/C20H20O5/c1-14(2)12-13-24-19(22)16-10-6-7-11-17(16)20(23)25-18(21)15-8-4-3-5-9-15/h3-11,14H,12-13H2,1-2H3. The van der Waals surface area contributed by atoms with E-state index in [1.54, 1.807) is 42.5 Å². The summed E-state index contributed by atoms with van der Waals surface area (Å²) in [7, 11) is 0. The van der Waals surface area contributed by atoms with Crippen LogP contribution in [0.15, 0.2) is 54.6 Å². The van der Waals surface area contributed by atoms with Gasteiger partial charge in [0.25, 0.3) is 0 Å². The average molecular weight is 340 g/mol. The molecule has 5 heteroatoms. The second-order valence-corrected chi connectivity index (χ2v) is 5.91. The van der Waals surface area contributed by atoms with Crippen LogP contribution in [0.2, 0.25) is 0 Å². The zero-order valence-corrected chi connectivity index (χ0v) is 14.2. The van der Waals surface area contributed by atoms with E-state index in [0.717, 1.165) is 6.42 Å². The minimum absolute atomic E-state index is 0.00123. The number of carbonyl (C=O) groups is 3. The van der Waals surface area contributed by atoms with Gasteiger partial charge in [0.15, 0.2) is 0 Å². The van der Waals surface area contributed by atoms with Crippen LogP contribution in [0.5, 0.6) is 0 Å². The molecular weight excluding hydrogens is 320 g/mol. The van der Waals surface area contributed by atoms with Gasteiger partial charge in [-0.15, -0.1) is 0 Å². The topological polar surface area (TPSA) is 69.7 Å². The molecule has 130 valence electrons. The third-order valence-corrected chi connectivity index (χ3v) is 3.49. The Labute approximate surface area is 146 Å². The number of rotatable bonds is 6. The van der Waals surface area contributed by atoms with Gasteiger partial charge in [-0.2, -0.15) is 0 Å². The predicted octanol–water partition coefficient (Wildman–Crippen LogP) is 3.89. The Morgan fingerprint density at radius 3 is 1.96 bits per heavy atom. The van der Waals surface area contributed by atoms with Gasteiger partial charge in [0.2, 0.25) is 0 Å². The van der Waals surface area contributed by atoms with Crippen LogP contribution < -0.4 is 0 Å². The molecule has 0 atom stereocenters. The summed E-state index contributed by atoms with van der Waals surface area (Å²) in [6.45, 7) is 4.31. The monoisotopic (exact) mass is 340 g/mol. The van der Waals surface area contributed by atoms with Gasteiger partial charge < -0.3 is 9.47 Å². The van der Waals surface area contributed by atoms with Crippen molar-refractivity contribution in [3.8, 4) is 0 Å². The molecule has 0 aromatic heterocycles. The van der Waals surface area contributed by atoms with Gasteiger partial charge in [-0.25, -0.2) is 14.4 Å². The van der Waals surface area contributed by atoms with Crippen LogP contribution in [-0.4, -0.2) is 24.5 Å². The van der Waals surface area contributed by atoms with Gasteiger partial charge in [-0.3, -0.25) is 0 Å². The van der Waals surface area contributed by atoms with Crippen LogP contribution in [0, 0.1) is 5.92 Å². The third-order valence-electron chi connectivity index (χ3n) is 3.49. The lowest BCUT2D eigenvalue weighted by atomic mass is 10.1. The van der Waals surface area contributed by atoms with E-state index < -0.39 is 17.9 Å². The molecule has 0 amide bonds. The summed E-state index contributed by atoms with van der Waals surface area (Å²) < 4.78 is 10.1. The first-order valence-electron chi connectivity index (χ1n) is 8.06. The average Bonchev–Trinajstić information content (AvgIpc) is 2.62. The summed E-state index contributed by atoms with van der Waals surface area (Å²) in [5, 5.41) is 0. The van der Waals surface area contributed by atoms with Crippen molar-refractivity contribution in [2.24, 2.45) is 5.92 Å². The van der Waals surface area contributed by atoms with E-state index in [0.29, 0.717) is 5.92 Å². The van der Waals surface area contributed by atoms with Gasteiger partial charge in [-0.1, -0.05) is 44.2 Å². The van der Waals surface area contributed by atoms with E-state index in [1.165, 1.54) is 12.1 Å². The predicted molar refractivity (Wildman–Crippen MR) is 92.4 cm³/mol. The number of ether oxygens (including phenoxy) is 2. The van der Waals surface area contributed by atoms with Crippen molar-refractivity contribution in [2.45, 2.75) is 20.3 Å². The highest BCUT2D eigenvalue weighted by Crippen LogP contribution is 2.14. The molecular formula is C20H20O5. The Kier molecular flexibility index (Phi) is 6.46. The molecule has 25 heavy (non-hydrogen) atoms. The highest BCUT2D eigenvalue weighted by atomic mass is 16.6. The van der Waals surface area contributed by atoms with Crippen molar-refractivity contribution in [1.29, 1.82) is 0 Å². The zero-order chi connectivity index (χ0) is 18.2. The molecule has 0 saturated carbocycles. The van der Waals surface area contributed by atoms with Gasteiger partial charge in [0.05, 0.1) is 23.3 Å². The highest BCUT2D eigenvalue weighted by Gasteiger charge is 2.21. The Balaban J connectivity index is 2.09. The summed E-state index contributed by atoms with van der Waals surface area (Å²) in [5.74, 6) is -1.87. The molecule has 0 unspecified atom stereocenters. The first-order valence-corrected chi connectivity index (χ1v) is 8.06. The fourth-order valence-electron chi connectivity index (χ4n) is 2.08. The maximum atomic E-state index is 12.3. The van der Waals surface area contributed by atoms with Crippen LogP contribution in [0.4, 0.5) is 0 Å². The lowest BCUT2D eigenvalue weighted by Gasteiger charge is -2.10. The summed E-state index contributed by atoms with van der Waals surface area (Å²) in [6, 6.07) is 14.3. The zero-order valence-electron chi connectivity index (χ0n) is 14.2. The van der Waals surface area contributed by atoms with Gasteiger partial charge in [0, 0.05) is 0 Å². The Morgan fingerprint density at radius 2 is 1.36 bits per heavy atom. The maximum absolute atomic E-state index is 12.3. The normalized spacial score (nSPS) is 10.4. The van der Waals surface area contributed by atoms with E-state index >= 15 is 0 Å². The fraction of sp³-hybridized carbons (Fsp3) is 0.250. The fourth-order valence-corrected chi connectivity index (χ4v) is 2.08. The van der Waals surface area contributed by atoms with Crippen LogP contribution >= 0.6 is 0 Å². The van der Waals surface area contributed by atoms with E-state index in [2.05, 4.69) is 0 Å². The van der Waals surface area contributed by atoms with E-state index in [1.807, 2.05) is 13.8 Å². The summed E-state index contributed by atoms with van der Waals surface area (Å²) in [6.07, 6.45) is 0.727. The van der Waals surface area contributed by atoms with Crippen molar-refractivity contribution in [3.63, 3.8) is 0 Å². The SMILES string of the molecule is CC(C)CCOC(=O)c1ccccc1C(=O)OC(=O)c1ccccc1. The summed E-state index contributed by atoms with van der Waals surface area (Å²) >= 11 is 0. The minimum atomic E-state index is -0.884. The third kappa shape index (κ3) is 5.28. The first-order chi connectivity index (χ1) is 12.0. The molecule has 0 fully saturated rings. The van der Waals surface area contributed by atoms with Gasteiger partial charge >= 0.3 is 17.9 Å². The molecule has 2 aromatic carbocycles. The lowest BCUT2D eigenvalue weighted by Crippen LogP contribution is -2.17. The number of hydrogen-bond acceptors (Lipinski definition) is 5. The Morgan fingerprint density at radius 1 is 0.800 bits per heavy atom. The second-order valence-electron chi connectivity index (χ2n) is 5.91. The van der Waals surface area contributed by atoms with E-state index in [-0.39, 0.29) is 23.3 Å². The summed E-state index contributed by atoms with van der Waals surface area (Å²) in [4.78, 5) is 36.5. The minimum Gasteiger partial charge on any atom is -0.462 e.